The molecule has 0 saturated heterocycles. The molecule has 2 atom stereocenters. The van der Waals surface area contributed by atoms with E-state index in [1.165, 1.54) is 11.1 Å². The van der Waals surface area contributed by atoms with E-state index in [2.05, 4.69) is 51.4 Å². The molecule has 5 heteroatoms. The number of nitrogens with one attached hydrogen (secondary N) is 1. The monoisotopic (exact) mass is 298 g/mol. The zero-order chi connectivity index (χ0) is 15.5. The summed E-state index contributed by atoms with van der Waals surface area (Å²) in [5, 5.41) is 12.3. The minimum Gasteiger partial charge on any atom is -0.394 e. The lowest BCUT2D eigenvalue weighted by Crippen LogP contribution is -2.39. The summed E-state index contributed by atoms with van der Waals surface area (Å²) in [5.41, 5.74) is 2.78. The second-order valence-corrected chi connectivity index (χ2v) is 5.94. The van der Waals surface area contributed by atoms with E-state index in [1.807, 2.05) is 13.0 Å². The van der Waals surface area contributed by atoms with Crippen molar-refractivity contribution < 1.29 is 5.11 Å². The number of hydrogen-bond acceptors (Lipinski definition) is 5. The fraction of sp³-hybridized carbons (Fsp3) is 0.412. The predicted octanol–water partition coefficient (Wildman–Crippen LogP) is 2.22. The highest BCUT2D eigenvalue weighted by Gasteiger charge is 2.23. The normalized spacial score (nSPS) is 18.7. The van der Waals surface area contributed by atoms with Crippen LogP contribution in [-0.2, 0) is 13.0 Å². The number of rotatable bonds is 4. The number of aromatic nitrogens is 2. The molecule has 5 nitrogen and oxygen atoms in total. The first-order valence-corrected chi connectivity index (χ1v) is 7.70. The summed E-state index contributed by atoms with van der Waals surface area (Å²) >= 11 is 0. The van der Waals surface area contributed by atoms with Crippen LogP contribution in [0, 0.1) is 0 Å². The molecule has 1 aliphatic heterocycles. The zero-order valence-electron chi connectivity index (χ0n) is 13.0. The Morgan fingerprint density at radius 1 is 1.32 bits per heavy atom. The van der Waals surface area contributed by atoms with Crippen LogP contribution in [0.1, 0.15) is 25.0 Å². The third kappa shape index (κ3) is 3.04. The number of fused-ring (bicyclic) bond motifs is 1. The first kappa shape index (κ1) is 14.8. The van der Waals surface area contributed by atoms with Crippen LogP contribution in [0.3, 0.4) is 0 Å². The topological polar surface area (TPSA) is 61.3 Å². The average Bonchev–Trinajstić information content (AvgIpc) is 2.54. The molecule has 0 aliphatic carbocycles. The molecule has 0 spiro atoms. The molecule has 3 rings (SSSR count). The molecule has 0 radical (unpaired) electrons. The predicted molar refractivity (Wildman–Crippen MR) is 88.0 cm³/mol. The SMILES string of the molecule is C[C@H](CO)Nc1cc(N2Cc3ccccc3C[C@H]2C)ncn1. The van der Waals surface area contributed by atoms with Crippen LogP contribution in [0.5, 0.6) is 0 Å². The Bertz CT molecular complexity index is 646. The van der Waals surface area contributed by atoms with Crippen molar-refractivity contribution in [2.75, 3.05) is 16.8 Å². The first-order chi connectivity index (χ1) is 10.7. The molecular formula is C17H22N4O. The van der Waals surface area contributed by atoms with Gasteiger partial charge in [-0.25, -0.2) is 9.97 Å². The Morgan fingerprint density at radius 3 is 2.86 bits per heavy atom. The Hall–Kier alpha value is -2.14. The van der Waals surface area contributed by atoms with Crippen molar-refractivity contribution in [2.45, 2.75) is 38.9 Å². The quantitative estimate of drug-likeness (QED) is 0.906. The van der Waals surface area contributed by atoms with Crippen molar-refractivity contribution >= 4 is 11.6 Å². The number of nitrogens with zero attached hydrogens (tertiary/aromatic N) is 3. The van der Waals surface area contributed by atoms with E-state index in [0.717, 1.165) is 24.6 Å². The third-order valence-electron chi connectivity index (χ3n) is 4.12. The van der Waals surface area contributed by atoms with E-state index in [1.54, 1.807) is 6.33 Å². The molecule has 0 amide bonds. The number of benzene rings is 1. The second kappa shape index (κ2) is 6.32. The Morgan fingerprint density at radius 2 is 2.09 bits per heavy atom. The maximum Gasteiger partial charge on any atom is 0.134 e. The highest BCUT2D eigenvalue weighted by atomic mass is 16.3. The first-order valence-electron chi connectivity index (χ1n) is 7.70. The molecular weight excluding hydrogens is 276 g/mol. The molecule has 2 heterocycles. The Kier molecular flexibility index (Phi) is 4.24. The van der Waals surface area contributed by atoms with Gasteiger partial charge in [0, 0.05) is 24.7 Å². The smallest absolute Gasteiger partial charge is 0.134 e. The fourth-order valence-electron chi connectivity index (χ4n) is 2.87. The largest absolute Gasteiger partial charge is 0.394 e. The Labute approximate surface area is 131 Å². The van der Waals surface area contributed by atoms with Gasteiger partial charge in [-0.1, -0.05) is 24.3 Å². The molecule has 1 aliphatic rings. The molecule has 0 fully saturated rings. The van der Waals surface area contributed by atoms with Crippen molar-refractivity contribution in [3.63, 3.8) is 0 Å². The van der Waals surface area contributed by atoms with Crippen LogP contribution >= 0.6 is 0 Å². The third-order valence-corrected chi connectivity index (χ3v) is 4.12. The Balaban J connectivity index is 1.83. The van der Waals surface area contributed by atoms with E-state index < -0.39 is 0 Å². The highest BCUT2D eigenvalue weighted by Crippen LogP contribution is 2.27. The lowest BCUT2D eigenvalue weighted by atomic mass is 9.95. The molecule has 0 unspecified atom stereocenters. The van der Waals surface area contributed by atoms with E-state index >= 15 is 0 Å². The van der Waals surface area contributed by atoms with Crippen LogP contribution in [0.25, 0.3) is 0 Å². The van der Waals surface area contributed by atoms with Gasteiger partial charge in [-0.3, -0.25) is 0 Å². The molecule has 2 aromatic rings. The van der Waals surface area contributed by atoms with Gasteiger partial charge < -0.3 is 15.3 Å². The second-order valence-electron chi connectivity index (χ2n) is 5.94. The minimum atomic E-state index is -0.0257. The van der Waals surface area contributed by atoms with Gasteiger partial charge in [0.1, 0.15) is 18.0 Å². The standard InChI is InChI=1S/C17H22N4O/c1-12(10-22)20-16-8-17(19-11-18-16)21-9-15-6-4-3-5-14(15)7-13(21)2/h3-6,8,11-13,22H,7,9-10H2,1-2H3,(H,18,19,20)/t12-,13-/m1/s1. The summed E-state index contributed by atoms with van der Waals surface area (Å²) < 4.78 is 0. The van der Waals surface area contributed by atoms with Gasteiger partial charge in [0.05, 0.1) is 6.61 Å². The van der Waals surface area contributed by atoms with Gasteiger partial charge in [-0.2, -0.15) is 0 Å². The summed E-state index contributed by atoms with van der Waals surface area (Å²) in [6, 6.07) is 10.9. The van der Waals surface area contributed by atoms with Crippen LogP contribution in [0.15, 0.2) is 36.7 Å². The van der Waals surface area contributed by atoms with Crippen LogP contribution < -0.4 is 10.2 Å². The lowest BCUT2D eigenvalue weighted by molar-refractivity contribution is 0.281. The summed E-state index contributed by atoms with van der Waals surface area (Å²) in [4.78, 5) is 11.0. The molecule has 1 aromatic carbocycles. The summed E-state index contributed by atoms with van der Waals surface area (Å²) in [5.74, 6) is 1.67. The van der Waals surface area contributed by atoms with Gasteiger partial charge in [0.15, 0.2) is 0 Å². The fourth-order valence-corrected chi connectivity index (χ4v) is 2.87. The maximum absolute atomic E-state index is 9.15. The molecule has 0 saturated carbocycles. The van der Waals surface area contributed by atoms with Gasteiger partial charge in [-0.15, -0.1) is 0 Å². The minimum absolute atomic E-state index is 0.0257. The number of anilines is 2. The van der Waals surface area contributed by atoms with Crippen molar-refractivity contribution in [1.82, 2.24) is 9.97 Å². The lowest BCUT2D eigenvalue weighted by Gasteiger charge is -2.35. The summed E-state index contributed by atoms with van der Waals surface area (Å²) in [7, 11) is 0. The van der Waals surface area contributed by atoms with Gasteiger partial charge in [0.2, 0.25) is 0 Å². The number of aliphatic hydroxyl groups is 1. The molecule has 22 heavy (non-hydrogen) atoms. The molecule has 1 aromatic heterocycles. The molecule has 0 bridgehead atoms. The van der Waals surface area contributed by atoms with Crippen molar-refractivity contribution in [1.29, 1.82) is 0 Å². The van der Waals surface area contributed by atoms with Gasteiger partial charge in [-0.05, 0) is 31.4 Å². The zero-order valence-corrected chi connectivity index (χ0v) is 13.0. The average molecular weight is 298 g/mol. The highest BCUT2D eigenvalue weighted by molar-refractivity contribution is 5.51. The summed E-state index contributed by atoms with van der Waals surface area (Å²) in [6.45, 7) is 5.08. The van der Waals surface area contributed by atoms with Gasteiger partial charge in [0.25, 0.3) is 0 Å². The number of hydrogen-bond donors (Lipinski definition) is 2. The van der Waals surface area contributed by atoms with E-state index in [4.69, 9.17) is 5.11 Å². The van der Waals surface area contributed by atoms with E-state index in [0.29, 0.717) is 6.04 Å². The maximum atomic E-state index is 9.15. The van der Waals surface area contributed by atoms with Crippen molar-refractivity contribution in [2.24, 2.45) is 0 Å². The van der Waals surface area contributed by atoms with Gasteiger partial charge >= 0.3 is 0 Å². The van der Waals surface area contributed by atoms with Crippen LogP contribution in [0.4, 0.5) is 11.6 Å². The molecule has 2 N–H and O–H groups in total. The summed E-state index contributed by atoms with van der Waals surface area (Å²) in [6.07, 6.45) is 2.60. The van der Waals surface area contributed by atoms with E-state index in [-0.39, 0.29) is 12.6 Å². The van der Waals surface area contributed by atoms with Crippen LogP contribution in [-0.4, -0.2) is 33.8 Å². The van der Waals surface area contributed by atoms with E-state index in [9.17, 15) is 0 Å². The van der Waals surface area contributed by atoms with Crippen molar-refractivity contribution in [3.05, 3.63) is 47.8 Å². The molecule has 116 valence electrons. The van der Waals surface area contributed by atoms with Crippen molar-refractivity contribution in [3.8, 4) is 0 Å². The van der Waals surface area contributed by atoms with Crippen LogP contribution in [0.2, 0.25) is 0 Å². The number of aliphatic hydroxyl groups excluding tert-OH is 1.